The number of hydrogen-bond acceptors (Lipinski definition) is 6. The van der Waals surface area contributed by atoms with Crippen molar-refractivity contribution in [1.29, 1.82) is 5.26 Å². The molecule has 2 heterocycles. The lowest BCUT2D eigenvalue weighted by molar-refractivity contribution is 0.0928. The first kappa shape index (κ1) is 20.9. The van der Waals surface area contributed by atoms with E-state index in [0.29, 0.717) is 57.9 Å². The molecule has 2 aromatic rings. The molecule has 1 saturated heterocycles. The van der Waals surface area contributed by atoms with Crippen LogP contribution in [0.4, 0.5) is 5.00 Å². The summed E-state index contributed by atoms with van der Waals surface area (Å²) in [6.07, 6.45) is -0.675. The Morgan fingerprint density at radius 1 is 1.39 bits per heavy atom. The highest BCUT2D eigenvalue weighted by atomic mass is 35.5. The average molecular weight is 440 g/mol. The highest BCUT2D eigenvalue weighted by molar-refractivity contribution is 7.18. The first-order valence-corrected chi connectivity index (χ1v) is 10.3. The van der Waals surface area contributed by atoms with Crippen LogP contribution >= 0.6 is 34.5 Å². The number of amides is 1. The SMILES string of the molecule is CC(O)CNC(=O)c1sc(N2CCOCC2)c(C#N)c1-c1ccc(Cl)c(Cl)c1. The molecule has 1 unspecified atom stereocenters. The van der Waals surface area contributed by atoms with E-state index in [1.54, 1.807) is 25.1 Å². The van der Waals surface area contributed by atoms with Crippen molar-refractivity contribution in [1.82, 2.24) is 5.32 Å². The molecule has 0 radical (unpaired) electrons. The predicted molar refractivity (Wildman–Crippen MR) is 112 cm³/mol. The summed E-state index contributed by atoms with van der Waals surface area (Å²) in [6, 6.07) is 7.30. The summed E-state index contributed by atoms with van der Waals surface area (Å²) < 4.78 is 5.40. The monoisotopic (exact) mass is 439 g/mol. The van der Waals surface area contributed by atoms with E-state index in [1.165, 1.54) is 11.3 Å². The zero-order chi connectivity index (χ0) is 20.3. The van der Waals surface area contributed by atoms with E-state index in [2.05, 4.69) is 16.3 Å². The third-order valence-electron chi connectivity index (χ3n) is 4.27. The minimum absolute atomic E-state index is 0.117. The Hall–Kier alpha value is -1.82. The molecule has 2 N–H and O–H groups in total. The zero-order valence-electron chi connectivity index (χ0n) is 15.2. The molecule has 148 valence electrons. The van der Waals surface area contributed by atoms with Crippen molar-refractivity contribution in [3.63, 3.8) is 0 Å². The number of halogens is 2. The summed E-state index contributed by atoms with van der Waals surface area (Å²) in [4.78, 5) is 15.3. The van der Waals surface area contributed by atoms with Crippen LogP contribution in [0.2, 0.25) is 10.0 Å². The van der Waals surface area contributed by atoms with E-state index in [9.17, 15) is 15.2 Å². The van der Waals surface area contributed by atoms with Crippen LogP contribution in [0.3, 0.4) is 0 Å². The van der Waals surface area contributed by atoms with Gasteiger partial charge in [0.05, 0.1) is 34.9 Å². The summed E-state index contributed by atoms with van der Waals surface area (Å²) in [5, 5.41) is 23.6. The number of anilines is 1. The molecule has 9 heteroatoms. The molecule has 0 spiro atoms. The van der Waals surface area contributed by atoms with Crippen LogP contribution in [-0.4, -0.2) is 50.0 Å². The number of benzene rings is 1. The molecule has 3 rings (SSSR count). The van der Waals surface area contributed by atoms with E-state index < -0.39 is 6.10 Å². The molecule has 6 nitrogen and oxygen atoms in total. The zero-order valence-corrected chi connectivity index (χ0v) is 17.5. The second-order valence-corrected chi connectivity index (χ2v) is 8.20. The summed E-state index contributed by atoms with van der Waals surface area (Å²) >= 11 is 13.5. The van der Waals surface area contributed by atoms with Gasteiger partial charge in [0.1, 0.15) is 15.9 Å². The number of nitrogens with one attached hydrogen (secondary N) is 1. The number of aliphatic hydroxyl groups excluding tert-OH is 1. The van der Waals surface area contributed by atoms with Crippen molar-refractivity contribution in [2.75, 3.05) is 37.7 Å². The van der Waals surface area contributed by atoms with E-state index in [-0.39, 0.29) is 12.5 Å². The van der Waals surface area contributed by atoms with Gasteiger partial charge in [0.2, 0.25) is 0 Å². The van der Waals surface area contributed by atoms with Crippen LogP contribution in [-0.2, 0) is 4.74 Å². The van der Waals surface area contributed by atoms with E-state index in [1.807, 2.05) is 0 Å². The minimum Gasteiger partial charge on any atom is -0.392 e. The molecular weight excluding hydrogens is 421 g/mol. The van der Waals surface area contributed by atoms with Crippen LogP contribution < -0.4 is 10.2 Å². The van der Waals surface area contributed by atoms with Gasteiger partial charge in [0.25, 0.3) is 5.91 Å². The van der Waals surface area contributed by atoms with Crippen LogP contribution in [0.15, 0.2) is 18.2 Å². The van der Waals surface area contributed by atoms with Crippen LogP contribution in [0, 0.1) is 11.3 Å². The maximum absolute atomic E-state index is 12.8. The molecule has 1 aromatic carbocycles. The standard InChI is InChI=1S/C19H19Cl2N3O3S/c1-11(25)10-23-18(26)17-16(12-2-3-14(20)15(21)8-12)13(9-22)19(28-17)24-4-6-27-7-5-24/h2-3,8,11,25H,4-7,10H2,1H3,(H,23,26). The largest absolute Gasteiger partial charge is 0.392 e. The molecule has 1 atom stereocenters. The highest BCUT2D eigenvalue weighted by Gasteiger charge is 2.28. The Balaban J connectivity index is 2.12. The van der Waals surface area contributed by atoms with Gasteiger partial charge in [-0.1, -0.05) is 29.3 Å². The van der Waals surface area contributed by atoms with Gasteiger partial charge in [-0.3, -0.25) is 4.79 Å². The summed E-state index contributed by atoms with van der Waals surface area (Å²) in [6.45, 7) is 4.12. The summed E-state index contributed by atoms with van der Waals surface area (Å²) in [7, 11) is 0. The Bertz CT molecular complexity index is 918. The van der Waals surface area contributed by atoms with Crippen LogP contribution in [0.25, 0.3) is 11.1 Å². The third kappa shape index (κ3) is 4.43. The van der Waals surface area contributed by atoms with Gasteiger partial charge in [-0.25, -0.2) is 0 Å². The second kappa shape index (κ2) is 9.12. The minimum atomic E-state index is -0.675. The maximum Gasteiger partial charge on any atom is 0.262 e. The van der Waals surface area contributed by atoms with Crippen molar-refractivity contribution in [2.24, 2.45) is 0 Å². The Morgan fingerprint density at radius 3 is 2.71 bits per heavy atom. The first-order chi connectivity index (χ1) is 13.4. The predicted octanol–water partition coefficient (Wildman–Crippen LogP) is 3.54. The van der Waals surface area contributed by atoms with Gasteiger partial charge in [0, 0.05) is 25.2 Å². The number of carbonyl (C=O) groups is 1. The molecule has 1 aromatic heterocycles. The summed E-state index contributed by atoms with van der Waals surface area (Å²) in [5.41, 5.74) is 1.59. The third-order valence-corrected chi connectivity index (χ3v) is 6.26. The molecule has 1 aliphatic heterocycles. The van der Waals surface area contributed by atoms with Crippen molar-refractivity contribution in [2.45, 2.75) is 13.0 Å². The van der Waals surface area contributed by atoms with Gasteiger partial charge >= 0.3 is 0 Å². The average Bonchev–Trinajstić information content (AvgIpc) is 3.08. The van der Waals surface area contributed by atoms with E-state index in [0.717, 1.165) is 5.00 Å². The maximum atomic E-state index is 12.8. The highest BCUT2D eigenvalue weighted by Crippen LogP contribution is 2.43. The fourth-order valence-corrected chi connectivity index (χ4v) is 4.46. The number of nitriles is 1. The van der Waals surface area contributed by atoms with Crippen molar-refractivity contribution in [3.05, 3.63) is 38.7 Å². The fraction of sp³-hybridized carbons (Fsp3) is 0.368. The van der Waals surface area contributed by atoms with Crippen molar-refractivity contribution < 1.29 is 14.6 Å². The number of aliphatic hydroxyl groups is 1. The molecule has 0 bridgehead atoms. The number of thiophene rings is 1. The van der Waals surface area contributed by atoms with Crippen molar-refractivity contribution in [3.8, 4) is 17.2 Å². The summed E-state index contributed by atoms with van der Waals surface area (Å²) in [5.74, 6) is -0.344. The second-order valence-electron chi connectivity index (χ2n) is 6.39. The Labute approximate surface area is 177 Å². The van der Waals surface area contributed by atoms with E-state index >= 15 is 0 Å². The van der Waals surface area contributed by atoms with Crippen molar-refractivity contribution >= 4 is 45.4 Å². The lowest BCUT2D eigenvalue weighted by atomic mass is 10.0. The molecule has 28 heavy (non-hydrogen) atoms. The van der Waals surface area contributed by atoms with Gasteiger partial charge in [-0.15, -0.1) is 11.3 Å². The Kier molecular flexibility index (Phi) is 6.81. The molecule has 1 aliphatic rings. The van der Waals surface area contributed by atoms with E-state index in [4.69, 9.17) is 27.9 Å². The van der Waals surface area contributed by atoms with Gasteiger partial charge in [0.15, 0.2) is 0 Å². The van der Waals surface area contributed by atoms with Crippen LogP contribution in [0.1, 0.15) is 22.2 Å². The first-order valence-electron chi connectivity index (χ1n) is 8.73. The van der Waals surface area contributed by atoms with Gasteiger partial charge < -0.3 is 20.1 Å². The lowest BCUT2D eigenvalue weighted by Gasteiger charge is -2.27. The Morgan fingerprint density at radius 2 is 2.11 bits per heavy atom. The number of nitrogens with zero attached hydrogens (tertiary/aromatic N) is 2. The van der Waals surface area contributed by atoms with Gasteiger partial charge in [-0.2, -0.15) is 5.26 Å². The quantitative estimate of drug-likeness (QED) is 0.743. The lowest BCUT2D eigenvalue weighted by Crippen LogP contribution is -2.36. The molecule has 0 saturated carbocycles. The van der Waals surface area contributed by atoms with Crippen LogP contribution in [0.5, 0.6) is 0 Å². The number of morpholine rings is 1. The molecule has 1 amide bonds. The van der Waals surface area contributed by atoms with Gasteiger partial charge in [-0.05, 0) is 24.6 Å². The molecule has 1 fully saturated rings. The topological polar surface area (TPSA) is 85.6 Å². The molecule has 0 aliphatic carbocycles. The number of carbonyl (C=O) groups excluding carboxylic acids is 1. The smallest absolute Gasteiger partial charge is 0.262 e. The normalized spacial score (nSPS) is 15.2. The number of ether oxygens (including phenoxy) is 1. The molecular formula is C19H19Cl2N3O3S. The number of hydrogen-bond donors (Lipinski definition) is 2. The fourth-order valence-electron chi connectivity index (χ4n) is 2.92. The number of rotatable bonds is 5.